The van der Waals surface area contributed by atoms with E-state index in [9.17, 15) is 27.9 Å². The topological polar surface area (TPSA) is 145 Å². The van der Waals surface area contributed by atoms with Crippen LogP contribution in [0.25, 0.3) is 0 Å². The molecule has 0 radical (unpaired) electrons. The highest BCUT2D eigenvalue weighted by molar-refractivity contribution is 7.91. The third kappa shape index (κ3) is 4.57. The lowest BCUT2D eigenvalue weighted by Crippen LogP contribution is -2.55. The van der Waals surface area contributed by atoms with E-state index >= 15 is 0 Å². The van der Waals surface area contributed by atoms with Crippen molar-refractivity contribution < 1.29 is 27.9 Å². The Balaban J connectivity index is 0.00000304. The van der Waals surface area contributed by atoms with Crippen LogP contribution in [0.3, 0.4) is 0 Å². The SMILES string of the molecule is C=CC1CC1(NC(=O)[C@@H]1C[C@@H](C2c3cccc(Cl)c3CN2C(=O)O)CN1)C(=O)NS(=O)(=O)C1CC1.Cl. The average molecular weight is 559 g/mol. The van der Waals surface area contributed by atoms with Gasteiger partial charge in [-0.15, -0.1) is 19.0 Å². The first-order valence-electron chi connectivity index (χ1n) is 11.6. The Morgan fingerprint density at radius 1 is 1.28 bits per heavy atom. The van der Waals surface area contributed by atoms with Gasteiger partial charge in [-0.2, -0.15) is 0 Å². The Bertz CT molecular complexity index is 1220. The van der Waals surface area contributed by atoms with Crippen molar-refractivity contribution in [3.8, 4) is 0 Å². The van der Waals surface area contributed by atoms with Crippen LogP contribution >= 0.6 is 24.0 Å². The smallest absolute Gasteiger partial charge is 0.408 e. The van der Waals surface area contributed by atoms with Crippen LogP contribution in [0.15, 0.2) is 30.9 Å². The van der Waals surface area contributed by atoms with Crippen molar-refractivity contribution in [2.45, 2.75) is 55.1 Å². The number of nitrogens with zero attached hydrogens (tertiary/aromatic N) is 1. The second kappa shape index (κ2) is 9.51. The summed E-state index contributed by atoms with van der Waals surface area (Å²) in [5.74, 6) is -1.73. The number of rotatable bonds is 7. The fourth-order valence-electron chi connectivity index (χ4n) is 5.38. The zero-order valence-electron chi connectivity index (χ0n) is 19.3. The minimum absolute atomic E-state index is 0. The van der Waals surface area contributed by atoms with E-state index in [1.807, 2.05) is 6.07 Å². The van der Waals surface area contributed by atoms with Gasteiger partial charge in [-0.25, -0.2) is 13.2 Å². The minimum Gasteiger partial charge on any atom is -0.465 e. The minimum atomic E-state index is -3.75. The molecule has 196 valence electrons. The van der Waals surface area contributed by atoms with E-state index in [1.165, 1.54) is 4.90 Å². The molecule has 5 rings (SSSR count). The normalized spacial score (nSPS) is 30.6. The molecule has 4 N–H and O–H groups in total. The Morgan fingerprint density at radius 2 is 2.00 bits per heavy atom. The molecule has 3 fully saturated rings. The van der Waals surface area contributed by atoms with Gasteiger partial charge >= 0.3 is 6.09 Å². The number of carboxylic acid groups (broad SMARTS) is 1. The highest BCUT2D eigenvalue weighted by Crippen LogP contribution is 2.46. The van der Waals surface area contributed by atoms with Crippen molar-refractivity contribution in [1.82, 2.24) is 20.3 Å². The van der Waals surface area contributed by atoms with E-state index in [2.05, 4.69) is 21.9 Å². The van der Waals surface area contributed by atoms with Crippen LogP contribution in [-0.4, -0.2) is 59.7 Å². The first-order chi connectivity index (χ1) is 16.6. The molecule has 0 spiro atoms. The number of hydrogen-bond donors (Lipinski definition) is 4. The molecule has 3 amide bonds. The van der Waals surface area contributed by atoms with Crippen molar-refractivity contribution in [1.29, 1.82) is 0 Å². The number of nitrogens with one attached hydrogen (secondary N) is 3. The molecule has 0 bridgehead atoms. The fourth-order valence-corrected chi connectivity index (χ4v) is 6.98. The lowest BCUT2D eigenvalue weighted by atomic mass is 9.90. The molecule has 3 unspecified atom stereocenters. The van der Waals surface area contributed by atoms with Crippen LogP contribution in [0.1, 0.15) is 42.9 Å². The van der Waals surface area contributed by atoms with E-state index in [0.29, 0.717) is 30.8 Å². The van der Waals surface area contributed by atoms with Crippen molar-refractivity contribution >= 4 is 51.9 Å². The summed E-state index contributed by atoms with van der Waals surface area (Å²) < 4.78 is 26.7. The highest BCUT2D eigenvalue weighted by atomic mass is 35.5. The first kappa shape index (κ1) is 26.7. The predicted octanol–water partition coefficient (Wildman–Crippen LogP) is 1.94. The zero-order chi connectivity index (χ0) is 25.1. The molecular formula is C23H28Cl2N4O6S. The maximum absolute atomic E-state index is 13.2. The molecular weight excluding hydrogens is 531 g/mol. The van der Waals surface area contributed by atoms with Gasteiger partial charge in [0, 0.05) is 17.5 Å². The van der Waals surface area contributed by atoms with Gasteiger partial charge in [0.05, 0.1) is 23.9 Å². The molecule has 0 aromatic heterocycles. The monoisotopic (exact) mass is 558 g/mol. The van der Waals surface area contributed by atoms with E-state index < -0.39 is 50.8 Å². The fraction of sp³-hybridized carbons (Fsp3) is 0.522. The van der Waals surface area contributed by atoms with Crippen molar-refractivity contribution in [2.24, 2.45) is 11.8 Å². The third-order valence-corrected chi connectivity index (χ3v) is 9.73. The van der Waals surface area contributed by atoms with Crippen molar-refractivity contribution in [3.05, 3.63) is 47.0 Å². The van der Waals surface area contributed by atoms with Crippen molar-refractivity contribution in [2.75, 3.05) is 6.54 Å². The van der Waals surface area contributed by atoms with Crippen molar-refractivity contribution in [3.63, 3.8) is 0 Å². The molecule has 2 heterocycles. The standard InChI is InChI=1S/C23H27ClN4O6S.ClH/c1-2-13-9-23(13,21(30)27-35(33,34)14-6-7-14)26-20(29)18-8-12(10-25-18)19-15-4-3-5-17(24)16(15)11-28(19)22(31)32;/h2-5,12-14,18-19,25H,1,6-11H2,(H,26,29)(H,27,30)(H,31,32);1H/t12-,13?,18+,19?,23?;/m1./s1. The Labute approximate surface area is 220 Å². The van der Waals surface area contributed by atoms with Crippen LogP contribution in [-0.2, 0) is 26.2 Å². The summed E-state index contributed by atoms with van der Waals surface area (Å²) in [6.45, 7) is 4.28. The molecule has 1 aromatic rings. The molecule has 10 nitrogen and oxygen atoms in total. The van der Waals surface area contributed by atoms with E-state index in [-0.39, 0.29) is 37.2 Å². The molecule has 5 atom stereocenters. The first-order valence-corrected chi connectivity index (χ1v) is 13.5. The number of halogens is 2. The predicted molar refractivity (Wildman–Crippen MR) is 134 cm³/mol. The highest BCUT2D eigenvalue weighted by Gasteiger charge is 2.61. The quantitative estimate of drug-likeness (QED) is 0.374. The molecule has 36 heavy (non-hydrogen) atoms. The summed E-state index contributed by atoms with van der Waals surface area (Å²) in [6, 6.07) is 4.27. The number of carbonyl (C=O) groups excluding carboxylic acids is 2. The van der Waals surface area contributed by atoms with E-state index in [4.69, 9.17) is 11.6 Å². The number of benzene rings is 1. The maximum Gasteiger partial charge on any atom is 0.408 e. The Morgan fingerprint density at radius 3 is 2.61 bits per heavy atom. The summed E-state index contributed by atoms with van der Waals surface area (Å²) in [6.07, 6.45) is 2.13. The number of carbonyl (C=O) groups is 3. The molecule has 2 aliphatic carbocycles. The van der Waals surface area contributed by atoms with Crippen LogP contribution in [0.2, 0.25) is 5.02 Å². The lowest BCUT2D eigenvalue weighted by Gasteiger charge is -2.27. The second-order valence-corrected chi connectivity index (χ2v) is 12.2. The molecule has 1 aromatic carbocycles. The summed E-state index contributed by atoms with van der Waals surface area (Å²) in [7, 11) is -3.75. The Hall–Kier alpha value is -2.34. The number of sulfonamides is 1. The summed E-state index contributed by atoms with van der Waals surface area (Å²) >= 11 is 6.31. The van der Waals surface area contributed by atoms with Gasteiger partial charge in [-0.1, -0.05) is 29.8 Å². The van der Waals surface area contributed by atoms with Gasteiger partial charge in [0.1, 0.15) is 5.54 Å². The molecule has 1 saturated heterocycles. The Kier molecular flexibility index (Phi) is 7.06. The number of amides is 3. The van der Waals surface area contributed by atoms with Gasteiger partial charge in [0.25, 0.3) is 5.91 Å². The maximum atomic E-state index is 13.2. The summed E-state index contributed by atoms with van der Waals surface area (Å²) in [4.78, 5) is 39.4. The van der Waals surface area contributed by atoms with Crippen LogP contribution in [0.4, 0.5) is 4.79 Å². The van der Waals surface area contributed by atoms with Gasteiger partial charge < -0.3 is 15.7 Å². The molecule has 4 aliphatic rings. The number of fused-ring (bicyclic) bond motifs is 1. The average Bonchev–Trinajstić information content (AvgIpc) is 3.68. The third-order valence-electron chi connectivity index (χ3n) is 7.56. The van der Waals surface area contributed by atoms with Gasteiger partial charge in [0.2, 0.25) is 15.9 Å². The van der Waals surface area contributed by atoms with Gasteiger partial charge in [-0.3, -0.25) is 19.2 Å². The van der Waals surface area contributed by atoms with Crippen LogP contribution in [0.5, 0.6) is 0 Å². The number of hydrogen-bond acceptors (Lipinski definition) is 6. The molecule has 13 heteroatoms. The molecule has 2 aliphatic heterocycles. The summed E-state index contributed by atoms with van der Waals surface area (Å²) in [5, 5.41) is 15.6. The van der Waals surface area contributed by atoms with E-state index in [0.717, 1.165) is 11.1 Å². The summed E-state index contributed by atoms with van der Waals surface area (Å²) in [5.41, 5.74) is 0.262. The zero-order valence-corrected chi connectivity index (χ0v) is 21.7. The second-order valence-electron chi connectivity index (χ2n) is 9.80. The lowest BCUT2D eigenvalue weighted by molar-refractivity contribution is -0.130. The molecule has 2 saturated carbocycles. The van der Waals surface area contributed by atoms with Crippen LogP contribution < -0.4 is 15.4 Å². The van der Waals surface area contributed by atoms with Gasteiger partial charge in [0.15, 0.2) is 0 Å². The van der Waals surface area contributed by atoms with Crippen LogP contribution in [0, 0.1) is 11.8 Å². The van der Waals surface area contributed by atoms with E-state index in [1.54, 1.807) is 18.2 Å². The van der Waals surface area contributed by atoms with Gasteiger partial charge in [-0.05, 0) is 48.8 Å². The largest absolute Gasteiger partial charge is 0.465 e.